The van der Waals surface area contributed by atoms with E-state index in [1.807, 2.05) is 40.9 Å². The van der Waals surface area contributed by atoms with Gasteiger partial charge in [-0.05, 0) is 24.3 Å². The van der Waals surface area contributed by atoms with Gasteiger partial charge in [-0.25, -0.2) is 4.98 Å². The van der Waals surface area contributed by atoms with Crippen LogP contribution in [0.5, 0.6) is 0 Å². The minimum absolute atomic E-state index is 0.133. The molecule has 0 spiro atoms. The molecule has 5 heteroatoms. The fourth-order valence-corrected chi connectivity index (χ4v) is 2.22. The minimum Gasteiger partial charge on any atom is -0.310 e. The number of pyridine rings is 1. The minimum atomic E-state index is -0.133. The number of anilines is 1. The first-order valence-electron chi connectivity index (χ1n) is 6.16. The first-order chi connectivity index (χ1) is 9.65. The summed E-state index contributed by atoms with van der Waals surface area (Å²) in [6.45, 7) is 1.48. The summed E-state index contributed by atoms with van der Waals surface area (Å²) >= 11 is 5.91. The van der Waals surface area contributed by atoms with Crippen LogP contribution in [0.1, 0.15) is 6.92 Å². The van der Waals surface area contributed by atoms with E-state index in [1.165, 1.54) is 6.92 Å². The smallest absolute Gasteiger partial charge is 0.222 e. The van der Waals surface area contributed by atoms with Crippen LogP contribution in [0.25, 0.3) is 16.9 Å². The second-order valence-corrected chi connectivity index (χ2v) is 4.86. The van der Waals surface area contributed by atoms with E-state index in [0.29, 0.717) is 10.8 Å². The maximum absolute atomic E-state index is 11.4. The average molecular weight is 286 g/mol. The van der Waals surface area contributed by atoms with E-state index in [1.54, 1.807) is 12.1 Å². The summed E-state index contributed by atoms with van der Waals surface area (Å²) in [5, 5.41) is 3.50. The van der Waals surface area contributed by atoms with E-state index >= 15 is 0 Å². The number of imidazole rings is 1. The number of aromatic nitrogens is 2. The molecule has 0 aliphatic carbocycles. The van der Waals surface area contributed by atoms with Gasteiger partial charge in [-0.1, -0.05) is 29.8 Å². The summed E-state index contributed by atoms with van der Waals surface area (Å²) in [4.78, 5) is 16.0. The number of amides is 1. The molecule has 0 radical (unpaired) electrons. The standard InChI is InChI=1S/C15H12ClN3O/c1-10(20)17-15-14(11-5-7-12(16)8-6-11)18-13-4-2-3-9-19(13)15/h2-9H,1H3,(H,17,20). The zero-order valence-electron chi connectivity index (χ0n) is 10.8. The maximum atomic E-state index is 11.4. The van der Waals surface area contributed by atoms with Crippen molar-refractivity contribution in [2.24, 2.45) is 0 Å². The van der Waals surface area contributed by atoms with Crippen LogP contribution in [0.15, 0.2) is 48.7 Å². The van der Waals surface area contributed by atoms with Crippen molar-refractivity contribution in [2.45, 2.75) is 6.92 Å². The maximum Gasteiger partial charge on any atom is 0.222 e. The van der Waals surface area contributed by atoms with E-state index in [-0.39, 0.29) is 5.91 Å². The largest absolute Gasteiger partial charge is 0.310 e. The van der Waals surface area contributed by atoms with Crippen molar-refractivity contribution in [2.75, 3.05) is 5.32 Å². The van der Waals surface area contributed by atoms with E-state index in [0.717, 1.165) is 16.9 Å². The lowest BCUT2D eigenvalue weighted by Crippen LogP contribution is -2.08. The van der Waals surface area contributed by atoms with Crippen molar-refractivity contribution < 1.29 is 4.79 Å². The summed E-state index contributed by atoms with van der Waals surface area (Å²) in [5.74, 6) is 0.529. The van der Waals surface area contributed by atoms with Crippen molar-refractivity contribution in [3.63, 3.8) is 0 Å². The quantitative estimate of drug-likeness (QED) is 0.782. The third-order valence-corrected chi connectivity index (χ3v) is 3.19. The SMILES string of the molecule is CC(=O)Nc1c(-c2ccc(Cl)cc2)nc2ccccn12. The summed E-state index contributed by atoms with van der Waals surface area (Å²) in [7, 11) is 0. The van der Waals surface area contributed by atoms with Crippen LogP contribution >= 0.6 is 11.6 Å². The fraction of sp³-hybridized carbons (Fsp3) is 0.0667. The van der Waals surface area contributed by atoms with E-state index in [9.17, 15) is 4.79 Å². The zero-order chi connectivity index (χ0) is 14.1. The second kappa shape index (κ2) is 4.98. The Morgan fingerprint density at radius 1 is 1.20 bits per heavy atom. The molecular weight excluding hydrogens is 274 g/mol. The van der Waals surface area contributed by atoms with Gasteiger partial charge in [0, 0.05) is 23.7 Å². The number of benzene rings is 1. The third-order valence-electron chi connectivity index (χ3n) is 2.94. The lowest BCUT2D eigenvalue weighted by atomic mass is 10.1. The topological polar surface area (TPSA) is 46.4 Å². The Morgan fingerprint density at radius 2 is 1.95 bits per heavy atom. The molecule has 100 valence electrons. The van der Waals surface area contributed by atoms with Gasteiger partial charge in [0.15, 0.2) is 0 Å². The monoisotopic (exact) mass is 285 g/mol. The highest BCUT2D eigenvalue weighted by molar-refractivity contribution is 6.30. The summed E-state index contributed by atoms with van der Waals surface area (Å²) in [6, 6.07) is 13.1. The molecule has 0 fully saturated rings. The molecule has 2 heterocycles. The van der Waals surface area contributed by atoms with Crippen LogP contribution in [0, 0.1) is 0 Å². The van der Waals surface area contributed by atoms with Gasteiger partial charge < -0.3 is 5.32 Å². The number of hydrogen-bond donors (Lipinski definition) is 1. The summed E-state index contributed by atoms with van der Waals surface area (Å²) in [6.07, 6.45) is 1.87. The van der Waals surface area contributed by atoms with Crippen molar-refractivity contribution in [3.05, 3.63) is 53.7 Å². The molecule has 0 unspecified atom stereocenters. The van der Waals surface area contributed by atoms with Gasteiger partial charge in [-0.3, -0.25) is 9.20 Å². The van der Waals surface area contributed by atoms with Crippen molar-refractivity contribution in [1.82, 2.24) is 9.38 Å². The summed E-state index contributed by atoms with van der Waals surface area (Å²) in [5.41, 5.74) is 2.41. The highest BCUT2D eigenvalue weighted by atomic mass is 35.5. The molecule has 1 aromatic carbocycles. The van der Waals surface area contributed by atoms with Gasteiger partial charge in [0.2, 0.25) is 5.91 Å². The van der Waals surface area contributed by atoms with Gasteiger partial charge in [-0.15, -0.1) is 0 Å². The van der Waals surface area contributed by atoms with Crippen molar-refractivity contribution in [1.29, 1.82) is 0 Å². The van der Waals surface area contributed by atoms with Crippen molar-refractivity contribution in [3.8, 4) is 11.3 Å². The molecule has 3 aromatic rings. The molecule has 0 atom stereocenters. The van der Waals surface area contributed by atoms with Gasteiger partial charge >= 0.3 is 0 Å². The summed E-state index contributed by atoms with van der Waals surface area (Å²) < 4.78 is 1.85. The molecule has 0 bridgehead atoms. The Balaban J connectivity index is 2.23. The molecule has 1 N–H and O–H groups in total. The van der Waals surface area contributed by atoms with Gasteiger partial charge in [0.1, 0.15) is 17.2 Å². The van der Waals surface area contributed by atoms with E-state index < -0.39 is 0 Å². The average Bonchev–Trinajstić information content (AvgIpc) is 2.78. The van der Waals surface area contributed by atoms with Gasteiger partial charge in [0.25, 0.3) is 0 Å². The number of halogens is 1. The number of carbonyl (C=O) groups excluding carboxylic acids is 1. The van der Waals surface area contributed by atoms with Crippen LogP contribution in [0.2, 0.25) is 5.02 Å². The lowest BCUT2D eigenvalue weighted by molar-refractivity contribution is -0.114. The molecule has 0 saturated heterocycles. The van der Waals surface area contributed by atoms with E-state index in [2.05, 4.69) is 10.3 Å². The van der Waals surface area contributed by atoms with Crippen LogP contribution < -0.4 is 5.32 Å². The number of nitrogens with zero attached hydrogens (tertiary/aromatic N) is 2. The van der Waals surface area contributed by atoms with Crippen LogP contribution in [-0.4, -0.2) is 15.3 Å². The Labute approximate surface area is 121 Å². The molecule has 0 saturated carbocycles. The third kappa shape index (κ3) is 2.26. The first-order valence-corrected chi connectivity index (χ1v) is 6.53. The lowest BCUT2D eigenvalue weighted by Gasteiger charge is -2.05. The van der Waals surface area contributed by atoms with Gasteiger partial charge in [0.05, 0.1) is 0 Å². The van der Waals surface area contributed by atoms with Crippen LogP contribution in [-0.2, 0) is 4.79 Å². The molecule has 1 amide bonds. The highest BCUT2D eigenvalue weighted by Gasteiger charge is 2.14. The van der Waals surface area contributed by atoms with Crippen LogP contribution in [0.4, 0.5) is 5.82 Å². The predicted molar refractivity (Wildman–Crippen MR) is 79.9 cm³/mol. The molecule has 20 heavy (non-hydrogen) atoms. The van der Waals surface area contributed by atoms with Crippen LogP contribution in [0.3, 0.4) is 0 Å². The number of hydrogen-bond acceptors (Lipinski definition) is 2. The number of rotatable bonds is 2. The Bertz CT molecular complexity index is 777. The first kappa shape index (κ1) is 12.7. The van der Waals surface area contributed by atoms with E-state index in [4.69, 9.17) is 11.6 Å². The highest BCUT2D eigenvalue weighted by Crippen LogP contribution is 2.29. The predicted octanol–water partition coefficient (Wildman–Crippen LogP) is 3.61. The number of carbonyl (C=O) groups is 1. The Kier molecular flexibility index (Phi) is 3.16. The number of fused-ring (bicyclic) bond motifs is 1. The molecule has 3 rings (SSSR count). The van der Waals surface area contributed by atoms with Crippen molar-refractivity contribution >= 4 is 29.0 Å². The zero-order valence-corrected chi connectivity index (χ0v) is 11.6. The Hall–Kier alpha value is -2.33. The molecule has 4 nitrogen and oxygen atoms in total. The second-order valence-electron chi connectivity index (χ2n) is 4.43. The molecule has 0 aliphatic heterocycles. The molecular formula is C15H12ClN3O. The molecule has 0 aliphatic rings. The normalized spacial score (nSPS) is 10.7. The number of nitrogens with one attached hydrogen (secondary N) is 1. The fourth-order valence-electron chi connectivity index (χ4n) is 2.09. The Morgan fingerprint density at radius 3 is 2.65 bits per heavy atom. The molecule has 2 aromatic heterocycles. The van der Waals surface area contributed by atoms with Gasteiger partial charge in [-0.2, -0.15) is 0 Å².